The monoisotopic (exact) mass is 442 g/mol. The summed E-state index contributed by atoms with van der Waals surface area (Å²) < 4.78 is 1.00. The highest BCUT2D eigenvalue weighted by molar-refractivity contribution is 9.10. The van der Waals surface area contributed by atoms with Crippen molar-refractivity contribution >= 4 is 27.7 Å². The first-order valence-electron chi connectivity index (χ1n) is 9.77. The maximum atomic E-state index is 13.1. The Labute approximate surface area is 175 Å². The van der Waals surface area contributed by atoms with Crippen LogP contribution in [0, 0.1) is 5.92 Å². The third-order valence-electron chi connectivity index (χ3n) is 5.18. The zero-order valence-electron chi connectivity index (χ0n) is 16.6. The fraction of sp³-hybridized carbons (Fsp3) is 0.391. The van der Waals surface area contributed by atoms with Crippen molar-refractivity contribution in [3.8, 4) is 0 Å². The van der Waals surface area contributed by atoms with Crippen LogP contribution in [0.4, 0.5) is 0 Å². The minimum atomic E-state index is -0.473. The van der Waals surface area contributed by atoms with Gasteiger partial charge in [-0.25, -0.2) is 0 Å². The highest BCUT2D eigenvalue weighted by Crippen LogP contribution is 2.26. The number of amides is 2. The Kier molecular flexibility index (Phi) is 6.55. The predicted octanol–water partition coefficient (Wildman–Crippen LogP) is 4.63. The zero-order valence-corrected chi connectivity index (χ0v) is 18.2. The van der Waals surface area contributed by atoms with Crippen molar-refractivity contribution in [2.75, 3.05) is 0 Å². The Morgan fingerprint density at radius 3 is 2.36 bits per heavy atom. The number of halogens is 1. The third-order valence-corrected chi connectivity index (χ3v) is 5.71. The summed E-state index contributed by atoms with van der Waals surface area (Å²) in [7, 11) is 0. The van der Waals surface area contributed by atoms with Gasteiger partial charge < -0.3 is 10.2 Å². The van der Waals surface area contributed by atoms with Crippen LogP contribution < -0.4 is 5.32 Å². The fourth-order valence-electron chi connectivity index (χ4n) is 3.63. The van der Waals surface area contributed by atoms with Gasteiger partial charge in [0.05, 0.1) is 6.04 Å². The van der Waals surface area contributed by atoms with Crippen molar-refractivity contribution in [1.82, 2.24) is 10.2 Å². The second kappa shape index (κ2) is 8.91. The molecule has 2 unspecified atom stereocenters. The quantitative estimate of drug-likeness (QED) is 0.733. The smallest absolute Gasteiger partial charge is 0.243 e. The average Bonchev–Trinajstić information content (AvgIpc) is 2.66. The molecule has 0 radical (unpaired) electrons. The minimum absolute atomic E-state index is 0.0425. The number of nitrogens with zero attached hydrogens (tertiary/aromatic N) is 1. The van der Waals surface area contributed by atoms with E-state index in [1.807, 2.05) is 63.2 Å². The SMILES string of the molecule is CC(C)CC(=O)N1Cc2ccccc2CC1C(=O)NC(C)c1ccc(Br)cc1. The van der Waals surface area contributed by atoms with Gasteiger partial charge in [0.2, 0.25) is 11.8 Å². The van der Waals surface area contributed by atoms with Crippen LogP contribution in [-0.4, -0.2) is 22.8 Å². The molecule has 0 bridgehead atoms. The summed E-state index contributed by atoms with van der Waals surface area (Å²) in [6.45, 7) is 6.52. The molecule has 0 spiro atoms. The molecule has 0 saturated heterocycles. The lowest BCUT2D eigenvalue weighted by Crippen LogP contribution is -2.53. The van der Waals surface area contributed by atoms with Gasteiger partial charge in [-0.15, -0.1) is 0 Å². The molecule has 1 aliphatic rings. The lowest BCUT2D eigenvalue weighted by molar-refractivity contribution is -0.142. The molecule has 3 rings (SSSR count). The van der Waals surface area contributed by atoms with E-state index in [1.54, 1.807) is 4.90 Å². The molecule has 148 valence electrons. The largest absolute Gasteiger partial charge is 0.348 e. The molecule has 2 amide bonds. The molecular weight excluding hydrogens is 416 g/mol. The van der Waals surface area contributed by atoms with E-state index in [0.717, 1.165) is 21.2 Å². The molecule has 2 aromatic carbocycles. The lowest BCUT2D eigenvalue weighted by Gasteiger charge is -2.37. The summed E-state index contributed by atoms with van der Waals surface area (Å²) in [4.78, 5) is 27.8. The van der Waals surface area contributed by atoms with Crippen LogP contribution >= 0.6 is 15.9 Å². The van der Waals surface area contributed by atoms with Crippen molar-refractivity contribution in [3.05, 3.63) is 69.7 Å². The number of nitrogens with one attached hydrogen (secondary N) is 1. The average molecular weight is 443 g/mol. The van der Waals surface area contributed by atoms with Gasteiger partial charge in [-0.05, 0) is 41.7 Å². The van der Waals surface area contributed by atoms with Crippen LogP contribution in [0.1, 0.15) is 49.9 Å². The molecule has 0 fully saturated rings. The summed E-state index contributed by atoms with van der Waals surface area (Å²) in [5, 5.41) is 3.11. The first-order valence-corrected chi connectivity index (χ1v) is 10.6. The third kappa shape index (κ3) is 4.82. The van der Waals surface area contributed by atoms with Crippen molar-refractivity contribution in [1.29, 1.82) is 0 Å². The first-order chi connectivity index (χ1) is 13.3. The fourth-order valence-corrected chi connectivity index (χ4v) is 3.89. The molecule has 0 aromatic heterocycles. The normalized spacial score (nSPS) is 17.2. The topological polar surface area (TPSA) is 49.4 Å². The van der Waals surface area contributed by atoms with Gasteiger partial charge in [-0.2, -0.15) is 0 Å². The van der Waals surface area contributed by atoms with Gasteiger partial charge in [-0.3, -0.25) is 9.59 Å². The number of hydrogen-bond acceptors (Lipinski definition) is 2. The van der Waals surface area contributed by atoms with E-state index in [1.165, 1.54) is 0 Å². The van der Waals surface area contributed by atoms with Gasteiger partial charge in [0, 0.05) is 23.9 Å². The summed E-state index contributed by atoms with van der Waals surface area (Å²) in [6.07, 6.45) is 1.01. The molecule has 2 aromatic rings. The van der Waals surface area contributed by atoms with Crippen LogP contribution in [0.5, 0.6) is 0 Å². The van der Waals surface area contributed by atoms with Gasteiger partial charge >= 0.3 is 0 Å². The van der Waals surface area contributed by atoms with Gasteiger partial charge in [0.1, 0.15) is 6.04 Å². The molecule has 0 saturated carbocycles. The second-order valence-corrected chi connectivity index (χ2v) is 8.81. The van der Waals surface area contributed by atoms with Crippen molar-refractivity contribution in [3.63, 3.8) is 0 Å². The molecule has 1 aliphatic heterocycles. The van der Waals surface area contributed by atoms with Crippen LogP contribution in [0.15, 0.2) is 53.0 Å². The molecule has 0 aliphatic carbocycles. The summed E-state index contributed by atoms with van der Waals surface area (Å²) in [5.74, 6) is 0.207. The maximum absolute atomic E-state index is 13.1. The van der Waals surface area contributed by atoms with Crippen molar-refractivity contribution < 1.29 is 9.59 Å². The van der Waals surface area contributed by atoms with Crippen molar-refractivity contribution in [2.45, 2.75) is 52.2 Å². The number of carbonyl (C=O) groups is 2. The van der Waals surface area contributed by atoms with Gasteiger partial charge in [0.15, 0.2) is 0 Å². The van der Waals surface area contributed by atoms with Crippen LogP contribution in [-0.2, 0) is 22.6 Å². The van der Waals surface area contributed by atoms with E-state index in [4.69, 9.17) is 0 Å². The number of hydrogen-bond donors (Lipinski definition) is 1. The minimum Gasteiger partial charge on any atom is -0.348 e. The number of fused-ring (bicyclic) bond motifs is 1. The predicted molar refractivity (Wildman–Crippen MR) is 115 cm³/mol. The Morgan fingerprint density at radius 2 is 1.71 bits per heavy atom. The summed E-state index contributed by atoms with van der Waals surface area (Å²) >= 11 is 3.44. The Bertz CT molecular complexity index is 848. The Morgan fingerprint density at radius 1 is 1.07 bits per heavy atom. The second-order valence-electron chi connectivity index (χ2n) is 7.89. The molecule has 2 atom stereocenters. The molecular formula is C23H27BrN2O2. The molecule has 28 heavy (non-hydrogen) atoms. The van der Waals surface area contributed by atoms with E-state index in [2.05, 4.69) is 27.3 Å². The zero-order chi connectivity index (χ0) is 20.3. The van der Waals surface area contributed by atoms with Crippen LogP contribution in [0.25, 0.3) is 0 Å². The van der Waals surface area contributed by atoms with Crippen molar-refractivity contribution in [2.24, 2.45) is 5.92 Å². The van der Waals surface area contributed by atoms with Crippen LogP contribution in [0.3, 0.4) is 0 Å². The summed E-state index contributed by atoms with van der Waals surface area (Å²) in [6, 6.07) is 15.4. The van der Waals surface area contributed by atoms with E-state index < -0.39 is 6.04 Å². The van der Waals surface area contributed by atoms with Gasteiger partial charge in [-0.1, -0.05) is 66.2 Å². The van der Waals surface area contributed by atoms with Crippen LogP contribution in [0.2, 0.25) is 0 Å². The highest BCUT2D eigenvalue weighted by Gasteiger charge is 2.35. The highest BCUT2D eigenvalue weighted by atomic mass is 79.9. The maximum Gasteiger partial charge on any atom is 0.243 e. The summed E-state index contributed by atoms with van der Waals surface area (Å²) in [5.41, 5.74) is 3.31. The lowest BCUT2D eigenvalue weighted by atomic mass is 9.92. The van der Waals surface area contributed by atoms with E-state index >= 15 is 0 Å². The number of carbonyl (C=O) groups excluding carboxylic acids is 2. The van der Waals surface area contributed by atoms with E-state index in [-0.39, 0.29) is 23.8 Å². The molecule has 5 heteroatoms. The molecule has 4 nitrogen and oxygen atoms in total. The van der Waals surface area contributed by atoms with Gasteiger partial charge in [0.25, 0.3) is 0 Å². The standard InChI is InChI=1S/C23H27BrN2O2/c1-15(2)12-22(27)26-14-19-7-5-4-6-18(19)13-21(26)23(28)25-16(3)17-8-10-20(24)11-9-17/h4-11,15-16,21H,12-14H2,1-3H3,(H,25,28). The van der Waals surface area contributed by atoms with E-state index in [0.29, 0.717) is 19.4 Å². The Balaban J connectivity index is 1.80. The number of benzene rings is 2. The first kappa shape index (κ1) is 20.6. The molecule has 1 heterocycles. The number of rotatable bonds is 5. The van der Waals surface area contributed by atoms with E-state index in [9.17, 15) is 9.59 Å². The Hall–Kier alpha value is -2.14. The molecule has 1 N–H and O–H groups in total.